The van der Waals surface area contributed by atoms with E-state index in [1.807, 2.05) is 18.2 Å². The second kappa shape index (κ2) is 7.10. The normalized spacial score (nSPS) is 19.9. The van der Waals surface area contributed by atoms with E-state index in [1.54, 1.807) is 6.08 Å². The van der Waals surface area contributed by atoms with Gasteiger partial charge >= 0.3 is 5.97 Å². The van der Waals surface area contributed by atoms with Crippen LogP contribution in [0.4, 0.5) is 0 Å². The van der Waals surface area contributed by atoms with Gasteiger partial charge in [0, 0.05) is 6.54 Å². The van der Waals surface area contributed by atoms with E-state index < -0.39 is 0 Å². The van der Waals surface area contributed by atoms with Crippen molar-refractivity contribution in [3.8, 4) is 0 Å². The monoisotopic (exact) mass is 259 g/mol. The highest BCUT2D eigenvalue weighted by atomic mass is 16.5. The van der Waals surface area contributed by atoms with Gasteiger partial charge in [0.05, 0.1) is 0 Å². The standard InChI is InChI=1S/C16H21NO2/c1-2-12-19-16(18)15-10-6-7-11-17(15)13-14-8-4-3-5-9-14/h2-5,8-9,15H,1,6-7,10-13H2. The minimum atomic E-state index is -0.115. The maximum atomic E-state index is 12.0. The number of likely N-dealkylation sites (tertiary alicyclic amines) is 1. The lowest BCUT2D eigenvalue weighted by atomic mass is 10.0. The molecule has 0 amide bonds. The molecule has 0 aliphatic carbocycles. The largest absolute Gasteiger partial charge is 0.460 e. The molecule has 0 spiro atoms. The first-order valence-corrected chi connectivity index (χ1v) is 6.87. The Morgan fingerprint density at radius 1 is 1.37 bits per heavy atom. The third-order valence-corrected chi connectivity index (χ3v) is 3.46. The van der Waals surface area contributed by atoms with E-state index in [0.29, 0.717) is 6.61 Å². The fourth-order valence-electron chi connectivity index (χ4n) is 2.50. The number of nitrogens with zero attached hydrogens (tertiary/aromatic N) is 1. The van der Waals surface area contributed by atoms with Crippen LogP contribution in [-0.4, -0.2) is 30.1 Å². The molecule has 19 heavy (non-hydrogen) atoms. The Labute approximate surface area is 114 Å². The topological polar surface area (TPSA) is 29.5 Å². The lowest BCUT2D eigenvalue weighted by molar-refractivity contribution is -0.150. The van der Waals surface area contributed by atoms with Gasteiger partial charge in [0.15, 0.2) is 0 Å². The predicted molar refractivity (Wildman–Crippen MR) is 75.6 cm³/mol. The average Bonchev–Trinajstić information content (AvgIpc) is 2.46. The molecule has 1 heterocycles. The summed E-state index contributed by atoms with van der Waals surface area (Å²) in [7, 11) is 0. The molecular weight excluding hydrogens is 238 g/mol. The molecule has 1 aromatic carbocycles. The summed E-state index contributed by atoms with van der Waals surface area (Å²) < 4.78 is 5.20. The van der Waals surface area contributed by atoms with Crippen molar-refractivity contribution in [2.75, 3.05) is 13.2 Å². The molecule has 1 unspecified atom stereocenters. The Morgan fingerprint density at radius 3 is 2.89 bits per heavy atom. The van der Waals surface area contributed by atoms with Crippen LogP contribution in [0.1, 0.15) is 24.8 Å². The summed E-state index contributed by atoms with van der Waals surface area (Å²) in [6, 6.07) is 10.2. The number of benzene rings is 1. The van der Waals surface area contributed by atoms with E-state index in [1.165, 1.54) is 5.56 Å². The zero-order chi connectivity index (χ0) is 13.5. The highest BCUT2D eigenvalue weighted by Crippen LogP contribution is 2.20. The quantitative estimate of drug-likeness (QED) is 0.601. The number of carbonyl (C=O) groups is 1. The summed E-state index contributed by atoms with van der Waals surface area (Å²) in [6.07, 6.45) is 4.75. The maximum absolute atomic E-state index is 12.0. The summed E-state index contributed by atoms with van der Waals surface area (Å²) in [5.41, 5.74) is 1.24. The molecule has 0 saturated carbocycles. The average molecular weight is 259 g/mol. The fourth-order valence-corrected chi connectivity index (χ4v) is 2.50. The molecule has 0 radical (unpaired) electrons. The van der Waals surface area contributed by atoms with Gasteiger partial charge in [0.25, 0.3) is 0 Å². The molecule has 0 aromatic heterocycles. The third-order valence-electron chi connectivity index (χ3n) is 3.46. The number of hydrogen-bond donors (Lipinski definition) is 0. The van der Waals surface area contributed by atoms with Crippen LogP contribution in [0.3, 0.4) is 0 Å². The minimum absolute atomic E-state index is 0.103. The highest BCUT2D eigenvalue weighted by molar-refractivity contribution is 5.76. The van der Waals surface area contributed by atoms with E-state index in [0.717, 1.165) is 32.4 Å². The van der Waals surface area contributed by atoms with Gasteiger partial charge in [-0.05, 0) is 24.9 Å². The van der Waals surface area contributed by atoms with E-state index in [-0.39, 0.29) is 12.0 Å². The molecule has 1 aliphatic rings. The summed E-state index contributed by atoms with van der Waals surface area (Å²) in [5.74, 6) is -0.115. The van der Waals surface area contributed by atoms with Crippen LogP contribution in [0.5, 0.6) is 0 Å². The zero-order valence-electron chi connectivity index (χ0n) is 11.3. The van der Waals surface area contributed by atoms with Crippen molar-refractivity contribution < 1.29 is 9.53 Å². The Bertz CT molecular complexity index is 416. The van der Waals surface area contributed by atoms with Crippen LogP contribution in [0.2, 0.25) is 0 Å². The van der Waals surface area contributed by atoms with Crippen molar-refractivity contribution in [3.63, 3.8) is 0 Å². The van der Waals surface area contributed by atoms with Gasteiger partial charge in [-0.2, -0.15) is 0 Å². The molecule has 2 rings (SSSR count). The lowest BCUT2D eigenvalue weighted by Gasteiger charge is -2.33. The summed E-state index contributed by atoms with van der Waals surface area (Å²) in [6.45, 7) is 5.65. The molecular formula is C16H21NO2. The van der Waals surface area contributed by atoms with E-state index >= 15 is 0 Å². The van der Waals surface area contributed by atoms with Crippen molar-refractivity contribution in [2.24, 2.45) is 0 Å². The first kappa shape index (κ1) is 13.8. The van der Waals surface area contributed by atoms with Gasteiger partial charge in [0.1, 0.15) is 12.6 Å². The number of piperidine rings is 1. The number of hydrogen-bond acceptors (Lipinski definition) is 3. The molecule has 1 aromatic rings. The molecule has 0 bridgehead atoms. The first-order chi connectivity index (χ1) is 9.31. The molecule has 102 valence electrons. The highest BCUT2D eigenvalue weighted by Gasteiger charge is 2.29. The second-order valence-electron chi connectivity index (χ2n) is 4.89. The van der Waals surface area contributed by atoms with E-state index in [2.05, 4.69) is 23.6 Å². The van der Waals surface area contributed by atoms with Gasteiger partial charge in [-0.3, -0.25) is 9.69 Å². The zero-order valence-corrected chi connectivity index (χ0v) is 11.3. The van der Waals surface area contributed by atoms with Crippen molar-refractivity contribution in [1.82, 2.24) is 4.90 Å². The van der Waals surface area contributed by atoms with E-state index in [4.69, 9.17) is 4.74 Å². The number of carbonyl (C=O) groups excluding carboxylic acids is 1. The van der Waals surface area contributed by atoms with Crippen LogP contribution >= 0.6 is 0 Å². The van der Waals surface area contributed by atoms with Gasteiger partial charge in [-0.1, -0.05) is 49.4 Å². The van der Waals surface area contributed by atoms with Crippen molar-refractivity contribution in [1.29, 1.82) is 0 Å². The summed E-state index contributed by atoms with van der Waals surface area (Å²) >= 11 is 0. The van der Waals surface area contributed by atoms with Gasteiger partial charge in [-0.25, -0.2) is 0 Å². The Hall–Kier alpha value is -1.61. The van der Waals surface area contributed by atoms with Crippen molar-refractivity contribution in [3.05, 3.63) is 48.6 Å². The lowest BCUT2D eigenvalue weighted by Crippen LogP contribution is -2.44. The maximum Gasteiger partial charge on any atom is 0.323 e. The smallest absolute Gasteiger partial charge is 0.323 e. The minimum Gasteiger partial charge on any atom is -0.460 e. The molecule has 1 fully saturated rings. The Balaban J connectivity index is 1.99. The van der Waals surface area contributed by atoms with E-state index in [9.17, 15) is 4.79 Å². The van der Waals surface area contributed by atoms with Crippen LogP contribution in [0.15, 0.2) is 43.0 Å². The molecule has 0 N–H and O–H groups in total. The SMILES string of the molecule is C=CCOC(=O)C1CCCCN1Cc1ccccc1. The fraction of sp³-hybridized carbons (Fsp3) is 0.438. The second-order valence-corrected chi connectivity index (χ2v) is 4.89. The molecule has 3 heteroatoms. The van der Waals surface area contributed by atoms with Crippen LogP contribution < -0.4 is 0 Å². The third kappa shape index (κ3) is 3.93. The van der Waals surface area contributed by atoms with Crippen molar-refractivity contribution in [2.45, 2.75) is 31.8 Å². The Morgan fingerprint density at radius 2 is 2.16 bits per heavy atom. The Kier molecular flexibility index (Phi) is 5.16. The van der Waals surface area contributed by atoms with Gasteiger partial charge in [-0.15, -0.1) is 0 Å². The van der Waals surface area contributed by atoms with Gasteiger partial charge < -0.3 is 4.74 Å². The van der Waals surface area contributed by atoms with Crippen LogP contribution in [0.25, 0.3) is 0 Å². The number of ether oxygens (including phenoxy) is 1. The number of rotatable bonds is 5. The van der Waals surface area contributed by atoms with Crippen LogP contribution in [0, 0.1) is 0 Å². The summed E-state index contributed by atoms with van der Waals surface area (Å²) in [4.78, 5) is 14.3. The molecule has 1 saturated heterocycles. The van der Waals surface area contributed by atoms with Gasteiger partial charge in [0.2, 0.25) is 0 Å². The summed E-state index contributed by atoms with van der Waals surface area (Å²) in [5, 5.41) is 0. The number of esters is 1. The van der Waals surface area contributed by atoms with Crippen molar-refractivity contribution >= 4 is 5.97 Å². The molecule has 1 atom stereocenters. The predicted octanol–water partition coefficient (Wildman–Crippen LogP) is 2.77. The molecule has 3 nitrogen and oxygen atoms in total. The molecule has 1 aliphatic heterocycles. The first-order valence-electron chi connectivity index (χ1n) is 6.87. The van der Waals surface area contributed by atoms with Crippen LogP contribution in [-0.2, 0) is 16.1 Å².